The van der Waals surface area contributed by atoms with Crippen LogP contribution in [0.25, 0.3) is 0 Å². The van der Waals surface area contributed by atoms with Gasteiger partial charge in [0.2, 0.25) is 0 Å². The zero-order valence-electron chi connectivity index (χ0n) is 8.84. The fourth-order valence-electron chi connectivity index (χ4n) is 2.09. The summed E-state index contributed by atoms with van der Waals surface area (Å²) in [5, 5.41) is 4.38. The molecule has 0 aliphatic heterocycles. The number of rotatable bonds is 2. The number of hydrogen-bond donors (Lipinski definition) is 1. The Labute approximate surface area is 92.8 Å². The Bertz CT molecular complexity index is 364. The molecule has 0 spiro atoms. The van der Waals surface area contributed by atoms with Gasteiger partial charge >= 0.3 is 0 Å². The summed E-state index contributed by atoms with van der Waals surface area (Å²) in [7, 11) is 1.96. The van der Waals surface area contributed by atoms with Crippen molar-refractivity contribution in [1.82, 2.24) is 9.78 Å². The van der Waals surface area contributed by atoms with Crippen molar-refractivity contribution < 1.29 is 0 Å². The molecule has 2 N–H and O–H groups in total. The zero-order valence-corrected chi connectivity index (χ0v) is 10.4. The van der Waals surface area contributed by atoms with E-state index in [-0.39, 0.29) is 5.54 Å². The summed E-state index contributed by atoms with van der Waals surface area (Å²) in [4.78, 5) is 0. The number of nitrogens with zero attached hydrogens (tertiary/aromatic N) is 2. The van der Waals surface area contributed by atoms with E-state index in [1.165, 1.54) is 12.8 Å². The van der Waals surface area contributed by atoms with Crippen LogP contribution in [-0.4, -0.2) is 9.78 Å². The molecule has 14 heavy (non-hydrogen) atoms. The van der Waals surface area contributed by atoms with Crippen molar-refractivity contribution in [2.75, 3.05) is 0 Å². The van der Waals surface area contributed by atoms with E-state index < -0.39 is 0 Å². The van der Waals surface area contributed by atoms with E-state index in [9.17, 15) is 0 Å². The standard InChI is InChI=1S/C10H16BrN3/c1-6-8(11)9(14(3)13-6)10(2,12)7-4-5-7/h7H,4-5,12H2,1-3H3. The highest BCUT2D eigenvalue weighted by Crippen LogP contribution is 2.45. The van der Waals surface area contributed by atoms with E-state index in [2.05, 4.69) is 28.0 Å². The molecule has 2 rings (SSSR count). The molecule has 0 aromatic carbocycles. The van der Waals surface area contributed by atoms with Gasteiger partial charge in [-0.3, -0.25) is 4.68 Å². The third-order valence-electron chi connectivity index (χ3n) is 3.08. The van der Waals surface area contributed by atoms with Crippen LogP contribution in [0.3, 0.4) is 0 Å². The van der Waals surface area contributed by atoms with E-state index in [1.807, 2.05) is 18.7 Å². The van der Waals surface area contributed by atoms with Crippen LogP contribution in [0.2, 0.25) is 0 Å². The lowest BCUT2D eigenvalue weighted by molar-refractivity contribution is 0.392. The summed E-state index contributed by atoms with van der Waals surface area (Å²) < 4.78 is 2.97. The van der Waals surface area contributed by atoms with Gasteiger partial charge in [0.15, 0.2) is 0 Å². The molecule has 1 aliphatic carbocycles. The normalized spacial score (nSPS) is 20.9. The highest BCUT2D eigenvalue weighted by Gasteiger charge is 2.43. The van der Waals surface area contributed by atoms with Crippen molar-refractivity contribution in [3.63, 3.8) is 0 Å². The monoisotopic (exact) mass is 257 g/mol. The Kier molecular flexibility index (Phi) is 2.23. The smallest absolute Gasteiger partial charge is 0.0739 e. The Morgan fingerprint density at radius 3 is 2.50 bits per heavy atom. The molecule has 0 saturated heterocycles. The van der Waals surface area contributed by atoms with Crippen molar-refractivity contribution in [2.24, 2.45) is 18.7 Å². The summed E-state index contributed by atoms with van der Waals surface area (Å²) in [5.41, 5.74) is 8.26. The van der Waals surface area contributed by atoms with Gasteiger partial charge < -0.3 is 5.73 Å². The minimum atomic E-state index is -0.241. The Morgan fingerprint density at radius 1 is 1.57 bits per heavy atom. The second-order valence-corrected chi connectivity index (χ2v) is 5.22. The predicted octanol–water partition coefficient (Wildman–Crippen LogP) is 2.07. The van der Waals surface area contributed by atoms with Gasteiger partial charge in [0.1, 0.15) is 0 Å². The summed E-state index contributed by atoms with van der Waals surface area (Å²) >= 11 is 3.57. The molecule has 1 unspecified atom stereocenters. The average Bonchev–Trinajstić information content (AvgIpc) is 2.81. The molecule has 1 aromatic rings. The Morgan fingerprint density at radius 2 is 2.14 bits per heavy atom. The van der Waals surface area contributed by atoms with E-state index in [0.717, 1.165) is 15.9 Å². The number of aromatic nitrogens is 2. The maximum atomic E-state index is 6.37. The molecule has 0 amide bonds. The Balaban J connectivity index is 2.48. The van der Waals surface area contributed by atoms with Gasteiger partial charge in [0.25, 0.3) is 0 Å². The molecule has 1 heterocycles. The van der Waals surface area contributed by atoms with Crippen LogP contribution in [0.4, 0.5) is 0 Å². The first-order valence-corrected chi connectivity index (χ1v) is 5.72. The summed E-state index contributed by atoms with van der Waals surface area (Å²) in [6.45, 7) is 4.10. The van der Waals surface area contributed by atoms with Crippen molar-refractivity contribution >= 4 is 15.9 Å². The molecule has 0 radical (unpaired) electrons. The first kappa shape index (κ1) is 10.2. The molecule has 1 aliphatic rings. The van der Waals surface area contributed by atoms with Gasteiger partial charge in [-0.05, 0) is 48.5 Å². The first-order chi connectivity index (χ1) is 6.44. The SMILES string of the molecule is Cc1nn(C)c(C(C)(N)C2CC2)c1Br. The molecule has 1 aromatic heterocycles. The van der Waals surface area contributed by atoms with E-state index in [0.29, 0.717) is 5.92 Å². The third kappa shape index (κ3) is 1.41. The van der Waals surface area contributed by atoms with Crippen LogP contribution < -0.4 is 5.73 Å². The summed E-state index contributed by atoms with van der Waals surface area (Å²) in [5.74, 6) is 0.619. The second-order valence-electron chi connectivity index (χ2n) is 4.43. The van der Waals surface area contributed by atoms with Crippen LogP contribution >= 0.6 is 15.9 Å². The lowest BCUT2D eigenvalue weighted by atomic mass is 9.93. The summed E-state index contributed by atoms with van der Waals surface area (Å²) in [6, 6.07) is 0. The molecule has 1 fully saturated rings. The highest BCUT2D eigenvalue weighted by molar-refractivity contribution is 9.10. The van der Waals surface area contributed by atoms with Crippen LogP contribution in [0.1, 0.15) is 31.2 Å². The van der Waals surface area contributed by atoms with E-state index in [1.54, 1.807) is 0 Å². The second kappa shape index (κ2) is 3.07. The molecule has 4 heteroatoms. The predicted molar refractivity (Wildman–Crippen MR) is 59.9 cm³/mol. The number of aryl methyl sites for hydroxylation is 2. The minimum absolute atomic E-state index is 0.241. The van der Waals surface area contributed by atoms with Gasteiger partial charge in [-0.15, -0.1) is 0 Å². The van der Waals surface area contributed by atoms with Gasteiger partial charge in [-0.25, -0.2) is 0 Å². The molecule has 1 atom stereocenters. The molecule has 0 bridgehead atoms. The number of hydrogen-bond acceptors (Lipinski definition) is 2. The molecular formula is C10H16BrN3. The van der Waals surface area contributed by atoms with E-state index in [4.69, 9.17) is 5.73 Å². The van der Waals surface area contributed by atoms with Gasteiger partial charge in [-0.2, -0.15) is 5.10 Å². The van der Waals surface area contributed by atoms with Gasteiger partial charge in [0.05, 0.1) is 21.4 Å². The maximum absolute atomic E-state index is 6.37. The van der Waals surface area contributed by atoms with Crippen molar-refractivity contribution in [1.29, 1.82) is 0 Å². The average molecular weight is 258 g/mol. The fraction of sp³-hybridized carbons (Fsp3) is 0.700. The lowest BCUT2D eigenvalue weighted by Gasteiger charge is -2.25. The minimum Gasteiger partial charge on any atom is -0.320 e. The van der Waals surface area contributed by atoms with E-state index >= 15 is 0 Å². The molecule has 78 valence electrons. The molecule has 1 saturated carbocycles. The highest BCUT2D eigenvalue weighted by atomic mass is 79.9. The van der Waals surface area contributed by atoms with Gasteiger partial charge in [-0.1, -0.05) is 0 Å². The molecule has 3 nitrogen and oxygen atoms in total. The zero-order chi connectivity index (χ0) is 10.5. The molecular weight excluding hydrogens is 242 g/mol. The van der Waals surface area contributed by atoms with Crippen molar-refractivity contribution in [2.45, 2.75) is 32.2 Å². The van der Waals surface area contributed by atoms with Crippen LogP contribution in [0, 0.1) is 12.8 Å². The van der Waals surface area contributed by atoms with Crippen LogP contribution in [0.15, 0.2) is 4.47 Å². The van der Waals surface area contributed by atoms with Crippen molar-refractivity contribution in [3.05, 3.63) is 15.9 Å². The van der Waals surface area contributed by atoms with Crippen molar-refractivity contribution in [3.8, 4) is 0 Å². The maximum Gasteiger partial charge on any atom is 0.0739 e. The topological polar surface area (TPSA) is 43.8 Å². The fourth-order valence-corrected chi connectivity index (χ4v) is 2.86. The van der Waals surface area contributed by atoms with Gasteiger partial charge in [0, 0.05) is 7.05 Å². The number of halogens is 1. The van der Waals surface area contributed by atoms with Crippen LogP contribution in [0.5, 0.6) is 0 Å². The third-order valence-corrected chi connectivity index (χ3v) is 4.03. The van der Waals surface area contributed by atoms with Crippen LogP contribution in [-0.2, 0) is 12.6 Å². The first-order valence-electron chi connectivity index (χ1n) is 4.93. The quantitative estimate of drug-likeness (QED) is 0.882. The lowest BCUT2D eigenvalue weighted by Crippen LogP contribution is -2.37. The number of nitrogens with two attached hydrogens (primary N) is 1. The summed E-state index contributed by atoms with van der Waals surface area (Å²) in [6.07, 6.45) is 2.48. The largest absolute Gasteiger partial charge is 0.320 e. The Hall–Kier alpha value is -0.350.